The molecule has 1 aromatic carbocycles. The summed E-state index contributed by atoms with van der Waals surface area (Å²) in [5.74, 6) is 1.52. The zero-order valence-corrected chi connectivity index (χ0v) is 15.0. The fourth-order valence-corrected chi connectivity index (χ4v) is 2.69. The summed E-state index contributed by atoms with van der Waals surface area (Å²) < 4.78 is 12.0. The molecular formula is C17H26BrNO2. The van der Waals surface area contributed by atoms with Crippen LogP contribution in [0.3, 0.4) is 0 Å². The number of rotatable bonds is 9. The molecule has 3 nitrogen and oxygen atoms in total. The second kappa shape index (κ2) is 9.85. The third-order valence-corrected chi connectivity index (χ3v) is 3.73. The third-order valence-electron chi connectivity index (χ3n) is 3.14. The van der Waals surface area contributed by atoms with E-state index in [0.29, 0.717) is 6.61 Å². The van der Waals surface area contributed by atoms with Crippen molar-refractivity contribution in [2.75, 3.05) is 26.8 Å². The first-order valence-electron chi connectivity index (χ1n) is 7.56. The molecule has 0 aliphatic rings. The Morgan fingerprint density at radius 1 is 1.29 bits per heavy atom. The van der Waals surface area contributed by atoms with Crippen molar-refractivity contribution < 1.29 is 9.47 Å². The van der Waals surface area contributed by atoms with Gasteiger partial charge in [-0.05, 0) is 59.9 Å². The molecule has 0 aliphatic carbocycles. The lowest BCUT2D eigenvalue weighted by Crippen LogP contribution is -2.17. The van der Waals surface area contributed by atoms with E-state index in [-0.39, 0.29) is 0 Å². The molecule has 0 heterocycles. The average Bonchev–Trinajstić information content (AvgIpc) is 2.46. The van der Waals surface area contributed by atoms with Gasteiger partial charge in [0.2, 0.25) is 0 Å². The zero-order chi connectivity index (χ0) is 15.7. The van der Waals surface area contributed by atoms with Crippen LogP contribution in [-0.4, -0.2) is 26.8 Å². The van der Waals surface area contributed by atoms with Crippen LogP contribution in [0, 0.1) is 0 Å². The van der Waals surface area contributed by atoms with Gasteiger partial charge < -0.3 is 14.8 Å². The van der Waals surface area contributed by atoms with Crippen molar-refractivity contribution in [3.8, 4) is 11.5 Å². The Bertz CT molecular complexity index is 472. The van der Waals surface area contributed by atoms with Gasteiger partial charge in [0.1, 0.15) is 0 Å². The van der Waals surface area contributed by atoms with E-state index in [1.54, 1.807) is 7.11 Å². The van der Waals surface area contributed by atoms with E-state index in [4.69, 9.17) is 9.47 Å². The van der Waals surface area contributed by atoms with Gasteiger partial charge in [-0.15, -0.1) is 0 Å². The van der Waals surface area contributed by atoms with Crippen LogP contribution in [0.15, 0.2) is 22.2 Å². The fourth-order valence-electron chi connectivity index (χ4n) is 2.07. The molecule has 0 atom stereocenters. The van der Waals surface area contributed by atoms with E-state index >= 15 is 0 Å². The van der Waals surface area contributed by atoms with E-state index in [0.717, 1.165) is 47.5 Å². The Kier molecular flexibility index (Phi) is 8.47. The van der Waals surface area contributed by atoms with Crippen molar-refractivity contribution in [3.63, 3.8) is 0 Å². The summed E-state index contributed by atoms with van der Waals surface area (Å²) in [5, 5.41) is 3.45. The second-order valence-electron chi connectivity index (χ2n) is 4.80. The second-order valence-corrected chi connectivity index (χ2v) is 5.65. The minimum atomic E-state index is 0.620. The molecule has 0 aliphatic heterocycles. The summed E-state index contributed by atoms with van der Waals surface area (Å²) >= 11 is 3.55. The first kappa shape index (κ1) is 18.1. The molecule has 118 valence electrons. The highest BCUT2D eigenvalue weighted by Crippen LogP contribution is 2.37. The normalized spacial score (nSPS) is 11.6. The number of hydrogen-bond donors (Lipinski definition) is 1. The number of ether oxygens (including phenoxy) is 2. The minimum Gasteiger partial charge on any atom is -0.492 e. The smallest absolute Gasteiger partial charge is 0.174 e. The van der Waals surface area contributed by atoms with E-state index in [1.807, 2.05) is 13.0 Å². The van der Waals surface area contributed by atoms with Gasteiger partial charge in [0.05, 0.1) is 18.2 Å². The van der Waals surface area contributed by atoms with Crippen LogP contribution in [-0.2, 0) is 0 Å². The van der Waals surface area contributed by atoms with Crippen LogP contribution < -0.4 is 14.8 Å². The van der Waals surface area contributed by atoms with E-state index < -0.39 is 0 Å². The van der Waals surface area contributed by atoms with Crippen LogP contribution in [0.25, 0.3) is 6.08 Å². The topological polar surface area (TPSA) is 30.5 Å². The molecule has 0 saturated carbocycles. The van der Waals surface area contributed by atoms with Crippen molar-refractivity contribution in [3.05, 3.63) is 27.7 Å². The highest BCUT2D eigenvalue weighted by molar-refractivity contribution is 9.10. The monoisotopic (exact) mass is 355 g/mol. The number of nitrogens with one attached hydrogen (secondary N) is 1. The molecular weight excluding hydrogens is 330 g/mol. The van der Waals surface area contributed by atoms with Gasteiger partial charge in [0.15, 0.2) is 11.5 Å². The van der Waals surface area contributed by atoms with Crippen LogP contribution in [0.1, 0.15) is 39.2 Å². The zero-order valence-electron chi connectivity index (χ0n) is 13.5. The van der Waals surface area contributed by atoms with E-state index in [1.165, 1.54) is 5.57 Å². The van der Waals surface area contributed by atoms with E-state index in [2.05, 4.69) is 47.2 Å². The Morgan fingerprint density at radius 3 is 2.62 bits per heavy atom. The molecule has 0 radical (unpaired) electrons. The largest absolute Gasteiger partial charge is 0.492 e. The van der Waals surface area contributed by atoms with Crippen molar-refractivity contribution in [1.29, 1.82) is 0 Å². The molecule has 0 spiro atoms. The Balaban J connectivity index is 3.00. The lowest BCUT2D eigenvalue weighted by atomic mass is 10.1. The Hall–Kier alpha value is -1.00. The first-order valence-corrected chi connectivity index (χ1v) is 8.35. The van der Waals surface area contributed by atoms with Gasteiger partial charge >= 0.3 is 0 Å². The van der Waals surface area contributed by atoms with Gasteiger partial charge in [-0.1, -0.05) is 25.5 Å². The molecule has 1 rings (SSSR count). The molecule has 0 unspecified atom stereocenters. The van der Waals surface area contributed by atoms with Crippen molar-refractivity contribution in [1.82, 2.24) is 5.32 Å². The SMILES string of the molecule is CCCNCC(=Cc1cc(Br)c(OC)c(OCC)c1)CC. The van der Waals surface area contributed by atoms with Crippen LogP contribution in [0.2, 0.25) is 0 Å². The van der Waals surface area contributed by atoms with Crippen molar-refractivity contribution in [2.45, 2.75) is 33.6 Å². The highest BCUT2D eigenvalue weighted by atomic mass is 79.9. The molecule has 1 aromatic rings. The maximum Gasteiger partial charge on any atom is 0.174 e. The van der Waals surface area contributed by atoms with Crippen LogP contribution >= 0.6 is 15.9 Å². The van der Waals surface area contributed by atoms with Gasteiger partial charge in [0, 0.05) is 6.54 Å². The predicted octanol–water partition coefficient (Wildman–Crippen LogP) is 4.65. The first-order chi connectivity index (χ1) is 10.2. The summed E-state index contributed by atoms with van der Waals surface area (Å²) in [6.07, 6.45) is 4.40. The molecule has 0 fully saturated rings. The van der Waals surface area contributed by atoms with E-state index in [9.17, 15) is 0 Å². The Morgan fingerprint density at radius 2 is 2.05 bits per heavy atom. The molecule has 1 N–H and O–H groups in total. The standard InChI is InChI=1S/C17H26BrNO2/c1-5-8-19-12-13(6-2)9-14-10-15(18)17(20-4)16(11-14)21-7-3/h9-11,19H,5-8,12H2,1-4H3. The maximum atomic E-state index is 5.66. The quantitative estimate of drug-likeness (QED) is 0.654. The van der Waals surface area contributed by atoms with Crippen molar-refractivity contribution in [2.24, 2.45) is 0 Å². The summed E-state index contributed by atoms with van der Waals surface area (Å²) in [7, 11) is 1.66. The summed E-state index contributed by atoms with van der Waals surface area (Å²) in [6, 6.07) is 4.10. The summed E-state index contributed by atoms with van der Waals surface area (Å²) in [5.41, 5.74) is 2.50. The fraction of sp³-hybridized carbons (Fsp3) is 0.529. The van der Waals surface area contributed by atoms with Crippen LogP contribution in [0.5, 0.6) is 11.5 Å². The number of benzene rings is 1. The molecule has 0 saturated heterocycles. The molecule has 21 heavy (non-hydrogen) atoms. The predicted molar refractivity (Wildman–Crippen MR) is 93.3 cm³/mol. The van der Waals surface area contributed by atoms with Gasteiger partial charge in [-0.3, -0.25) is 0 Å². The molecule has 0 amide bonds. The summed E-state index contributed by atoms with van der Waals surface area (Å²) in [6.45, 7) is 8.93. The highest BCUT2D eigenvalue weighted by Gasteiger charge is 2.10. The number of hydrogen-bond acceptors (Lipinski definition) is 3. The van der Waals surface area contributed by atoms with Crippen molar-refractivity contribution >= 4 is 22.0 Å². The lowest BCUT2D eigenvalue weighted by molar-refractivity contribution is 0.310. The molecule has 0 aromatic heterocycles. The molecule has 4 heteroatoms. The van der Waals surface area contributed by atoms with Crippen LogP contribution in [0.4, 0.5) is 0 Å². The minimum absolute atomic E-state index is 0.620. The summed E-state index contributed by atoms with van der Waals surface area (Å²) in [4.78, 5) is 0. The van der Waals surface area contributed by atoms with Gasteiger partial charge in [-0.25, -0.2) is 0 Å². The number of methoxy groups -OCH3 is 1. The Labute approximate surface area is 136 Å². The molecule has 0 bridgehead atoms. The maximum absolute atomic E-state index is 5.66. The third kappa shape index (κ3) is 5.71. The average molecular weight is 356 g/mol. The van der Waals surface area contributed by atoms with Gasteiger partial charge in [0.25, 0.3) is 0 Å². The lowest BCUT2D eigenvalue weighted by Gasteiger charge is -2.13. The number of halogens is 1. The van der Waals surface area contributed by atoms with Gasteiger partial charge in [-0.2, -0.15) is 0 Å².